The van der Waals surface area contributed by atoms with Crippen LogP contribution < -0.4 is 0 Å². The molecular formula is C13H23N3O. The number of hydrogen-bond donors (Lipinski definition) is 1. The Morgan fingerprint density at radius 1 is 1.59 bits per heavy atom. The van der Waals surface area contributed by atoms with Crippen LogP contribution in [0.4, 0.5) is 0 Å². The maximum Gasteiger partial charge on any atom is 0.0765 e. The fourth-order valence-electron chi connectivity index (χ4n) is 2.06. The molecule has 0 bridgehead atoms. The van der Waals surface area contributed by atoms with Gasteiger partial charge in [-0.1, -0.05) is 6.92 Å². The second-order valence-corrected chi connectivity index (χ2v) is 4.97. The minimum Gasteiger partial charge on any atom is -0.395 e. The molecule has 1 heterocycles. The van der Waals surface area contributed by atoms with Gasteiger partial charge in [-0.05, 0) is 32.3 Å². The SMILES string of the molecule is CCC(C)n1ccc(CN(CCO)C2CC2)n1. The van der Waals surface area contributed by atoms with Crippen LogP contribution in [-0.2, 0) is 6.54 Å². The van der Waals surface area contributed by atoms with E-state index in [0.717, 1.165) is 25.2 Å². The van der Waals surface area contributed by atoms with Crippen molar-refractivity contribution in [2.45, 2.75) is 51.7 Å². The maximum absolute atomic E-state index is 9.06. The zero-order valence-electron chi connectivity index (χ0n) is 10.8. The smallest absolute Gasteiger partial charge is 0.0765 e. The van der Waals surface area contributed by atoms with E-state index in [0.29, 0.717) is 12.1 Å². The Labute approximate surface area is 103 Å². The topological polar surface area (TPSA) is 41.3 Å². The molecule has 1 N–H and O–H groups in total. The molecule has 0 spiro atoms. The molecule has 1 aliphatic rings. The Hall–Kier alpha value is -0.870. The standard InChI is InChI=1S/C13H23N3O/c1-3-11(2)16-7-6-12(14-16)10-15(8-9-17)13-4-5-13/h6-7,11,13,17H,3-5,8-10H2,1-2H3. The van der Waals surface area contributed by atoms with Gasteiger partial charge in [-0.2, -0.15) is 5.10 Å². The van der Waals surface area contributed by atoms with Gasteiger partial charge < -0.3 is 5.11 Å². The van der Waals surface area contributed by atoms with Crippen LogP contribution in [0.25, 0.3) is 0 Å². The highest BCUT2D eigenvalue weighted by molar-refractivity contribution is 5.01. The minimum atomic E-state index is 0.239. The predicted molar refractivity (Wildman–Crippen MR) is 67.7 cm³/mol. The first-order chi connectivity index (χ1) is 8.24. The highest BCUT2D eigenvalue weighted by atomic mass is 16.3. The molecule has 0 saturated heterocycles. The van der Waals surface area contributed by atoms with E-state index in [1.165, 1.54) is 12.8 Å². The first-order valence-electron chi connectivity index (χ1n) is 6.63. The Balaban J connectivity index is 1.94. The van der Waals surface area contributed by atoms with Gasteiger partial charge in [0.2, 0.25) is 0 Å². The Kier molecular flexibility index (Phi) is 4.18. The van der Waals surface area contributed by atoms with Crippen molar-refractivity contribution in [1.82, 2.24) is 14.7 Å². The molecule has 1 unspecified atom stereocenters. The number of aliphatic hydroxyl groups is 1. The summed E-state index contributed by atoms with van der Waals surface area (Å²) in [7, 11) is 0. The van der Waals surface area contributed by atoms with E-state index in [1.807, 2.05) is 4.68 Å². The number of hydrogen-bond acceptors (Lipinski definition) is 3. The van der Waals surface area contributed by atoms with E-state index in [2.05, 4.69) is 36.1 Å². The van der Waals surface area contributed by atoms with E-state index < -0.39 is 0 Å². The molecule has 0 aromatic carbocycles. The Morgan fingerprint density at radius 3 is 2.94 bits per heavy atom. The van der Waals surface area contributed by atoms with Crippen molar-refractivity contribution < 1.29 is 5.11 Å². The normalized spacial score (nSPS) is 17.6. The van der Waals surface area contributed by atoms with E-state index in [4.69, 9.17) is 5.11 Å². The van der Waals surface area contributed by atoms with Gasteiger partial charge in [-0.3, -0.25) is 9.58 Å². The second kappa shape index (κ2) is 5.65. The molecule has 0 amide bonds. The van der Waals surface area contributed by atoms with E-state index in [1.54, 1.807) is 0 Å². The van der Waals surface area contributed by atoms with Gasteiger partial charge in [-0.25, -0.2) is 0 Å². The van der Waals surface area contributed by atoms with Crippen LogP contribution in [-0.4, -0.2) is 39.0 Å². The maximum atomic E-state index is 9.06. The number of aliphatic hydroxyl groups excluding tert-OH is 1. The molecule has 1 fully saturated rings. The Morgan fingerprint density at radius 2 is 2.35 bits per heavy atom. The average molecular weight is 237 g/mol. The molecule has 96 valence electrons. The van der Waals surface area contributed by atoms with Crippen LogP contribution in [0.3, 0.4) is 0 Å². The highest BCUT2D eigenvalue weighted by Gasteiger charge is 2.28. The molecule has 4 nitrogen and oxygen atoms in total. The van der Waals surface area contributed by atoms with Crippen LogP contribution in [0.15, 0.2) is 12.3 Å². The first-order valence-corrected chi connectivity index (χ1v) is 6.63. The van der Waals surface area contributed by atoms with Gasteiger partial charge >= 0.3 is 0 Å². The van der Waals surface area contributed by atoms with E-state index in [9.17, 15) is 0 Å². The average Bonchev–Trinajstić information content (AvgIpc) is 3.08. The monoisotopic (exact) mass is 237 g/mol. The quantitative estimate of drug-likeness (QED) is 0.786. The van der Waals surface area contributed by atoms with Gasteiger partial charge in [0.15, 0.2) is 0 Å². The summed E-state index contributed by atoms with van der Waals surface area (Å²) in [5.74, 6) is 0. The summed E-state index contributed by atoms with van der Waals surface area (Å²) in [6, 6.07) is 3.24. The van der Waals surface area contributed by atoms with Crippen molar-refractivity contribution in [1.29, 1.82) is 0 Å². The van der Waals surface area contributed by atoms with Crippen LogP contribution in [0.1, 0.15) is 44.8 Å². The van der Waals surface area contributed by atoms with Gasteiger partial charge in [0.1, 0.15) is 0 Å². The summed E-state index contributed by atoms with van der Waals surface area (Å²) < 4.78 is 2.04. The lowest BCUT2D eigenvalue weighted by Gasteiger charge is -2.19. The zero-order chi connectivity index (χ0) is 12.3. The second-order valence-electron chi connectivity index (χ2n) is 4.97. The largest absolute Gasteiger partial charge is 0.395 e. The molecule has 0 aliphatic heterocycles. The van der Waals surface area contributed by atoms with Crippen molar-refractivity contribution in [3.63, 3.8) is 0 Å². The van der Waals surface area contributed by atoms with Gasteiger partial charge in [0.05, 0.1) is 12.3 Å². The number of rotatable bonds is 7. The summed E-state index contributed by atoms with van der Waals surface area (Å²) in [5.41, 5.74) is 1.12. The number of nitrogens with zero attached hydrogens (tertiary/aromatic N) is 3. The van der Waals surface area contributed by atoms with Crippen LogP contribution in [0, 0.1) is 0 Å². The lowest BCUT2D eigenvalue weighted by Crippen LogP contribution is -2.28. The molecule has 0 radical (unpaired) electrons. The van der Waals surface area contributed by atoms with Gasteiger partial charge in [0.25, 0.3) is 0 Å². The fourth-order valence-corrected chi connectivity index (χ4v) is 2.06. The third-order valence-corrected chi connectivity index (χ3v) is 3.52. The summed E-state index contributed by atoms with van der Waals surface area (Å²) >= 11 is 0. The molecule has 1 aliphatic carbocycles. The third kappa shape index (κ3) is 3.30. The number of aromatic nitrogens is 2. The van der Waals surface area contributed by atoms with Crippen LogP contribution in [0.5, 0.6) is 0 Å². The summed E-state index contributed by atoms with van der Waals surface area (Å²) in [6.07, 6.45) is 5.70. The van der Waals surface area contributed by atoms with Gasteiger partial charge in [-0.15, -0.1) is 0 Å². The van der Waals surface area contributed by atoms with Crippen LogP contribution >= 0.6 is 0 Å². The first kappa shape index (κ1) is 12.6. The molecule has 1 saturated carbocycles. The van der Waals surface area contributed by atoms with Crippen molar-refractivity contribution in [2.24, 2.45) is 0 Å². The molecular weight excluding hydrogens is 214 g/mol. The zero-order valence-corrected chi connectivity index (χ0v) is 10.8. The van der Waals surface area contributed by atoms with Crippen molar-refractivity contribution in [2.75, 3.05) is 13.2 Å². The minimum absolute atomic E-state index is 0.239. The fraction of sp³-hybridized carbons (Fsp3) is 0.769. The molecule has 17 heavy (non-hydrogen) atoms. The van der Waals surface area contributed by atoms with Crippen molar-refractivity contribution in [3.8, 4) is 0 Å². The van der Waals surface area contributed by atoms with Crippen molar-refractivity contribution in [3.05, 3.63) is 18.0 Å². The predicted octanol–water partition coefficient (Wildman–Crippen LogP) is 1.81. The summed E-state index contributed by atoms with van der Waals surface area (Å²) in [4.78, 5) is 2.34. The van der Waals surface area contributed by atoms with E-state index in [-0.39, 0.29) is 6.61 Å². The molecule has 1 atom stereocenters. The van der Waals surface area contributed by atoms with Crippen molar-refractivity contribution >= 4 is 0 Å². The summed E-state index contributed by atoms with van der Waals surface area (Å²) in [5, 5.41) is 13.7. The molecule has 4 heteroatoms. The third-order valence-electron chi connectivity index (χ3n) is 3.52. The van der Waals surface area contributed by atoms with Crippen LogP contribution in [0.2, 0.25) is 0 Å². The van der Waals surface area contributed by atoms with E-state index >= 15 is 0 Å². The highest BCUT2D eigenvalue weighted by Crippen LogP contribution is 2.27. The Bertz CT molecular complexity index is 346. The molecule has 2 rings (SSSR count). The molecule has 1 aromatic heterocycles. The lowest BCUT2D eigenvalue weighted by molar-refractivity contribution is 0.181. The summed E-state index contributed by atoms with van der Waals surface area (Å²) in [6.45, 7) is 6.23. The lowest BCUT2D eigenvalue weighted by atomic mass is 10.3. The van der Waals surface area contributed by atoms with Gasteiger partial charge in [0, 0.05) is 31.4 Å². The molecule has 1 aromatic rings.